The second-order valence-electron chi connectivity index (χ2n) is 7.17. The Morgan fingerprint density at radius 1 is 1.33 bits per heavy atom. The van der Waals surface area contributed by atoms with Crippen LogP contribution in [0.2, 0.25) is 5.02 Å². The van der Waals surface area contributed by atoms with Crippen LogP contribution >= 0.6 is 11.6 Å². The molecule has 0 saturated carbocycles. The fraction of sp³-hybridized carbons (Fsp3) is 0.348. The maximum absolute atomic E-state index is 13.6. The van der Waals surface area contributed by atoms with Crippen LogP contribution < -0.4 is 0 Å². The monoisotopic (exact) mass is 430 g/mol. The largest absolute Gasteiger partial charge is 0.390 e. The highest BCUT2D eigenvalue weighted by molar-refractivity contribution is 6.30. The summed E-state index contributed by atoms with van der Waals surface area (Å²) in [6.45, 7) is 1.58. The van der Waals surface area contributed by atoms with Crippen molar-refractivity contribution in [1.82, 2.24) is 4.90 Å². The highest BCUT2D eigenvalue weighted by Crippen LogP contribution is 2.20. The zero-order valence-electron chi connectivity index (χ0n) is 16.5. The molecule has 0 aromatic heterocycles. The van der Waals surface area contributed by atoms with Crippen molar-refractivity contribution in [2.75, 3.05) is 26.3 Å². The molecule has 2 aromatic rings. The number of hydrogen-bond donors (Lipinski definition) is 1. The van der Waals surface area contributed by atoms with Crippen LogP contribution in [0.3, 0.4) is 0 Å². The molecular weight excluding hydrogens is 407 g/mol. The molecule has 0 spiro atoms. The van der Waals surface area contributed by atoms with Crippen LogP contribution in [0.15, 0.2) is 53.7 Å². The molecule has 0 bridgehead atoms. The number of aliphatic hydroxyl groups is 1. The minimum atomic E-state index is -0.732. The van der Waals surface area contributed by atoms with Gasteiger partial charge in [0.25, 0.3) is 0 Å². The maximum atomic E-state index is 13.6. The number of rotatable bonds is 10. The molecule has 7 heteroatoms. The molecule has 1 aliphatic heterocycles. The van der Waals surface area contributed by atoms with Crippen molar-refractivity contribution in [3.05, 3.63) is 70.5 Å². The molecule has 1 aliphatic rings. The molecule has 0 saturated heterocycles. The lowest BCUT2D eigenvalue weighted by molar-refractivity contribution is 0.00417. The molecule has 2 unspecified atom stereocenters. The second kappa shape index (κ2) is 11.1. The third-order valence-electron chi connectivity index (χ3n) is 4.63. The van der Waals surface area contributed by atoms with Crippen LogP contribution in [0.4, 0.5) is 4.39 Å². The quantitative estimate of drug-likeness (QED) is 0.463. The van der Waals surface area contributed by atoms with E-state index in [-0.39, 0.29) is 25.1 Å². The van der Waals surface area contributed by atoms with Gasteiger partial charge in [0.1, 0.15) is 18.5 Å². The number of nitrogens with zero attached hydrogens (tertiary/aromatic N) is 2. The minimum Gasteiger partial charge on any atom is -0.390 e. The van der Waals surface area contributed by atoms with E-state index in [0.717, 1.165) is 16.8 Å². The molecule has 0 amide bonds. The number of oxime groups is 1. The summed E-state index contributed by atoms with van der Waals surface area (Å²) in [5, 5.41) is 15.2. The van der Waals surface area contributed by atoms with Gasteiger partial charge in [-0.05, 0) is 35.4 Å². The van der Waals surface area contributed by atoms with Gasteiger partial charge in [0, 0.05) is 31.1 Å². The second-order valence-corrected chi connectivity index (χ2v) is 7.61. The Morgan fingerprint density at radius 3 is 2.87 bits per heavy atom. The minimum absolute atomic E-state index is 0.127. The third-order valence-corrected chi connectivity index (χ3v) is 4.88. The first kappa shape index (κ1) is 22.3. The average molecular weight is 431 g/mol. The van der Waals surface area contributed by atoms with Crippen molar-refractivity contribution < 1.29 is 19.1 Å². The van der Waals surface area contributed by atoms with E-state index in [1.807, 2.05) is 35.2 Å². The van der Waals surface area contributed by atoms with Crippen LogP contribution in [0.5, 0.6) is 0 Å². The molecule has 0 fully saturated rings. The predicted molar refractivity (Wildman–Crippen MR) is 115 cm³/mol. The van der Waals surface area contributed by atoms with Crippen molar-refractivity contribution in [3.63, 3.8) is 0 Å². The molecule has 3 rings (SSSR count). The Hall–Kier alpha value is -2.43. The van der Waals surface area contributed by atoms with Crippen molar-refractivity contribution in [2.45, 2.75) is 25.2 Å². The van der Waals surface area contributed by atoms with Gasteiger partial charge < -0.3 is 14.7 Å². The lowest BCUT2D eigenvalue weighted by Crippen LogP contribution is -2.39. The molecular formula is C23H24ClFN2O3. The van der Waals surface area contributed by atoms with Gasteiger partial charge in [0.2, 0.25) is 0 Å². The fourth-order valence-electron chi connectivity index (χ4n) is 3.33. The SMILES string of the molecule is C#CCOCC(O)CN(Cc1cccc(F)c1)CC1CC(c2ccc(Cl)cc2)=NO1. The summed E-state index contributed by atoms with van der Waals surface area (Å²) in [5.41, 5.74) is 2.62. The van der Waals surface area contributed by atoms with E-state index in [1.54, 1.807) is 6.07 Å². The molecule has 5 nitrogen and oxygen atoms in total. The van der Waals surface area contributed by atoms with Crippen LogP contribution in [-0.4, -0.2) is 54.2 Å². The van der Waals surface area contributed by atoms with Crippen molar-refractivity contribution in [3.8, 4) is 12.3 Å². The zero-order chi connectivity index (χ0) is 21.3. The van der Waals surface area contributed by atoms with Crippen LogP contribution in [0, 0.1) is 18.2 Å². The van der Waals surface area contributed by atoms with Gasteiger partial charge in [-0.25, -0.2) is 4.39 Å². The summed E-state index contributed by atoms with van der Waals surface area (Å²) in [6.07, 6.45) is 4.89. The van der Waals surface area contributed by atoms with Crippen LogP contribution in [0.25, 0.3) is 0 Å². The molecule has 30 heavy (non-hydrogen) atoms. The molecule has 2 atom stereocenters. The Morgan fingerprint density at radius 2 is 2.13 bits per heavy atom. The summed E-state index contributed by atoms with van der Waals surface area (Å²) in [6, 6.07) is 13.9. The maximum Gasteiger partial charge on any atom is 0.145 e. The first-order valence-electron chi connectivity index (χ1n) is 9.68. The van der Waals surface area contributed by atoms with Crippen LogP contribution in [-0.2, 0) is 16.1 Å². The zero-order valence-corrected chi connectivity index (χ0v) is 17.3. The lowest BCUT2D eigenvalue weighted by atomic mass is 10.0. The van der Waals surface area contributed by atoms with Gasteiger partial charge in [-0.15, -0.1) is 6.42 Å². The number of terminal acetylenes is 1. The summed E-state index contributed by atoms with van der Waals surface area (Å²) < 4.78 is 18.8. The molecule has 158 valence electrons. The predicted octanol–water partition coefficient (Wildman–Crippen LogP) is 3.49. The number of benzene rings is 2. The summed E-state index contributed by atoms with van der Waals surface area (Å²) >= 11 is 5.95. The normalized spacial score (nSPS) is 16.8. The first-order chi connectivity index (χ1) is 14.5. The van der Waals surface area contributed by atoms with E-state index in [1.165, 1.54) is 12.1 Å². The third kappa shape index (κ3) is 6.82. The summed E-state index contributed by atoms with van der Waals surface area (Å²) in [5.74, 6) is 2.08. The van der Waals surface area contributed by atoms with Gasteiger partial charge in [0.05, 0.1) is 18.4 Å². The summed E-state index contributed by atoms with van der Waals surface area (Å²) in [7, 11) is 0. The number of aliphatic hydroxyl groups excluding tert-OH is 1. The van der Waals surface area contributed by atoms with Gasteiger partial charge in [-0.2, -0.15) is 0 Å². The van der Waals surface area contributed by atoms with E-state index in [9.17, 15) is 9.50 Å². The van der Waals surface area contributed by atoms with Gasteiger partial charge in [0.15, 0.2) is 0 Å². The van der Waals surface area contributed by atoms with Crippen molar-refractivity contribution >= 4 is 17.3 Å². The fourth-order valence-corrected chi connectivity index (χ4v) is 3.45. The number of hydrogen-bond acceptors (Lipinski definition) is 5. The lowest BCUT2D eigenvalue weighted by Gasteiger charge is -2.27. The molecule has 0 aliphatic carbocycles. The van der Waals surface area contributed by atoms with E-state index in [0.29, 0.717) is 31.1 Å². The summed E-state index contributed by atoms with van der Waals surface area (Å²) in [4.78, 5) is 7.63. The Labute approximate surface area is 181 Å². The average Bonchev–Trinajstić information content (AvgIpc) is 3.17. The van der Waals surface area contributed by atoms with E-state index in [2.05, 4.69) is 11.1 Å². The van der Waals surface area contributed by atoms with Gasteiger partial charge >= 0.3 is 0 Å². The topological polar surface area (TPSA) is 54.3 Å². The molecule has 2 aromatic carbocycles. The standard InChI is InChI=1S/C23H24ClFN2O3/c1-2-10-29-16-21(28)14-27(13-17-4-3-5-20(25)11-17)15-22-12-23(26-30-22)18-6-8-19(24)9-7-18/h1,3-9,11,21-22,28H,10,12-16H2. The highest BCUT2D eigenvalue weighted by Gasteiger charge is 2.26. The van der Waals surface area contributed by atoms with E-state index >= 15 is 0 Å². The van der Waals surface area contributed by atoms with Gasteiger partial charge in [-0.3, -0.25) is 4.90 Å². The van der Waals surface area contributed by atoms with Crippen molar-refractivity contribution in [2.24, 2.45) is 5.16 Å². The molecule has 0 radical (unpaired) electrons. The van der Waals surface area contributed by atoms with Crippen LogP contribution in [0.1, 0.15) is 17.5 Å². The first-order valence-corrected chi connectivity index (χ1v) is 10.1. The smallest absolute Gasteiger partial charge is 0.145 e. The Kier molecular flexibility index (Phi) is 8.23. The molecule has 1 heterocycles. The van der Waals surface area contributed by atoms with E-state index < -0.39 is 6.10 Å². The Balaban J connectivity index is 1.61. The Bertz CT molecular complexity index is 898. The molecule has 1 N–H and O–H groups in total. The number of ether oxygens (including phenoxy) is 1. The van der Waals surface area contributed by atoms with Crippen molar-refractivity contribution in [1.29, 1.82) is 0 Å². The van der Waals surface area contributed by atoms with E-state index in [4.69, 9.17) is 27.6 Å². The highest BCUT2D eigenvalue weighted by atomic mass is 35.5. The number of halogens is 2. The van der Waals surface area contributed by atoms with Gasteiger partial charge in [-0.1, -0.05) is 46.9 Å².